The van der Waals surface area contributed by atoms with Crippen LogP contribution in [0.15, 0.2) is 41.5 Å². The van der Waals surface area contributed by atoms with E-state index in [0.29, 0.717) is 22.8 Å². The summed E-state index contributed by atoms with van der Waals surface area (Å²) in [5, 5.41) is 14.0. The van der Waals surface area contributed by atoms with Crippen LogP contribution in [-0.2, 0) is 16.1 Å². The van der Waals surface area contributed by atoms with E-state index in [1.54, 1.807) is 16.8 Å². The fourth-order valence-corrected chi connectivity index (χ4v) is 3.28. The fourth-order valence-electron chi connectivity index (χ4n) is 3.28. The van der Waals surface area contributed by atoms with Crippen molar-refractivity contribution in [1.29, 1.82) is 0 Å². The molecule has 3 aromatic rings. The average molecular weight is 411 g/mol. The summed E-state index contributed by atoms with van der Waals surface area (Å²) in [4.78, 5) is 12.2. The van der Waals surface area contributed by atoms with Crippen molar-refractivity contribution >= 4 is 22.8 Å². The summed E-state index contributed by atoms with van der Waals surface area (Å²) in [6.07, 6.45) is -0.679. The zero-order chi connectivity index (χ0) is 21.3. The van der Waals surface area contributed by atoms with Crippen LogP contribution in [0, 0.1) is 0 Å². The van der Waals surface area contributed by atoms with Crippen molar-refractivity contribution in [3.63, 3.8) is 0 Å². The van der Waals surface area contributed by atoms with Crippen LogP contribution >= 0.6 is 0 Å². The maximum Gasteiger partial charge on any atom is 0.243 e. The van der Waals surface area contributed by atoms with Gasteiger partial charge in [-0.1, -0.05) is 17.3 Å². The molecule has 156 valence electrons. The van der Waals surface area contributed by atoms with Crippen LogP contribution in [0.5, 0.6) is 17.2 Å². The lowest BCUT2D eigenvalue weighted by molar-refractivity contribution is -0.135. The maximum atomic E-state index is 12.2. The Hall–Kier alpha value is -3.82. The minimum absolute atomic E-state index is 0.258. The predicted octanol–water partition coefficient (Wildman–Crippen LogP) is 2.02. The number of aromatic nitrogens is 3. The Kier molecular flexibility index (Phi) is 5.13. The van der Waals surface area contributed by atoms with Crippen LogP contribution in [0.4, 0.5) is 0 Å². The normalized spacial score (nSPS) is 15.7. The number of hydrogen-bond acceptors (Lipinski definition) is 8. The largest absolute Gasteiger partial charge is 0.493 e. The van der Waals surface area contributed by atoms with Gasteiger partial charge >= 0.3 is 0 Å². The Morgan fingerprint density at radius 2 is 1.80 bits per heavy atom. The Labute approximate surface area is 172 Å². The number of benzene rings is 2. The van der Waals surface area contributed by atoms with Gasteiger partial charge in [0.25, 0.3) is 0 Å². The lowest BCUT2D eigenvalue weighted by Gasteiger charge is -2.19. The summed E-state index contributed by atoms with van der Waals surface area (Å²) in [6, 6.07) is 11.0. The first kappa shape index (κ1) is 19.5. The van der Waals surface area contributed by atoms with Crippen LogP contribution in [-0.4, -0.2) is 59.4 Å². The second-order valence-electron chi connectivity index (χ2n) is 6.52. The molecule has 1 aromatic heterocycles. The third-order valence-corrected chi connectivity index (χ3v) is 4.70. The highest BCUT2D eigenvalue weighted by Gasteiger charge is 2.33. The zero-order valence-corrected chi connectivity index (χ0v) is 17.0. The Morgan fingerprint density at radius 1 is 1.10 bits per heavy atom. The summed E-state index contributed by atoms with van der Waals surface area (Å²) >= 11 is 0. The van der Waals surface area contributed by atoms with Crippen LogP contribution in [0.3, 0.4) is 0 Å². The number of nitrogens with zero attached hydrogens (tertiary/aromatic N) is 5. The molecule has 10 heteroatoms. The SMILES string of the molecule is COc1cc(C2=NN(C(C)=O)[C@@H](Cn3nnc4ccccc43)O2)cc(OC)c1OC. The van der Waals surface area contributed by atoms with Gasteiger partial charge < -0.3 is 18.9 Å². The highest BCUT2D eigenvalue weighted by Crippen LogP contribution is 2.39. The molecule has 0 spiro atoms. The van der Waals surface area contributed by atoms with Gasteiger partial charge in [0, 0.05) is 12.5 Å². The van der Waals surface area contributed by atoms with Gasteiger partial charge in [-0.05, 0) is 24.3 Å². The number of fused-ring (bicyclic) bond motifs is 1. The molecule has 1 amide bonds. The van der Waals surface area contributed by atoms with Crippen LogP contribution in [0.2, 0.25) is 0 Å². The van der Waals surface area contributed by atoms with Crippen molar-refractivity contribution in [2.45, 2.75) is 19.7 Å². The molecule has 2 aromatic carbocycles. The van der Waals surface area contributed by atoms with Gasteiger partial charge in [0.15, 0.2) is 11.5 Å². The van der Waals surface area contributed by atoms with Crippen LogP contribution in [0.1, 0.15) is 12.5 Å². The molecular weight excluding hydrogens is 390 g/mol. The first-order valence-electron chi connectivity index (χ1n) is 9.19. The van der Waals surface area contributed by atoms with Gasteiger partial charge in [0.1, 0.15) is 12.1 Å². The van der Waals surface area contributed by atoms with Gasteiger partial charge in [-0.2, -0.15) is 5.01 Å². The highest BCUT2D eigenvalue weighted by molar-refractivity contribution is 5.97. The molecule has 10 nitrogen and oxygen atoms in total. The number of hydrogen-bond donors (Lipinski definition) is 0. The van der Waals surface area contributed by atoms with E-state index in [-0.39, 0.29) is 18.3 Å². The van der Waals surface area contributed by atoms with E-state index in [4.69, 9.17) is 18.9 Å². The van der Waals surface area contributed by atoms with E-state index in [0.717, 1.165) is 11.0 Å². The van der Waals surface area contributed by atoms with E-state index in [1.807, 2.05) is 24.3 Å². The molecule has 0 N–H and O–H groups in total. The van der Waals surface area contributed by atoms with E-state index in [1.165, 1.54) is 33.3 Å². The van der Waals surface area contributed by atoms with Gasteiger partial charge in [-0.3, -0.25) is 4.79 Å². The van der Waals surface area contributed by atoms with Crippen molar-refractivity contribution in [2.24, 2.45) is 5.10 Å². The minimum atomic E-state index is -0.679. The van der Waals surface area contributed by atoms with Crippen LogP contribution in [0.25, 0.3) is 11.0 Å². The molecule has 4 rings (SSSR count). The second-order valence-corrected chi connectivity index (χ2v) is 6.52. The Bertz CT molecular complexity index is 1100. The number of para-hydroxylation sites is 1. The summed E-state index contributed by atoms with van der Waals surface area (Å²) in [7, 11) is 4.58. The van der Waals surface area contributed by atoms with Gasteiger partial charge in [0.05, 0.1) is 26.8 Å². The zero-order valence-electron chi connectivity index (χ0n) is 17.0. The lowest BCUT2D eigenvalue weighted by atomic mass is 10.2. The average Bonchev–Trinajstić information content (AvgIpc) is 3.37. The quantitative estimate of drug-likeness (QED) is 0.612. The number of rotatable bonds is 6. The van der Waals surface area contributed by atoms with E-state index in [2.05, 4.69) is 15.4 Å². The van der Waals surface area contributed by atoms with E-state index < -0.39 is 6.23 Å². The molecular formula is C20H21N5O5. The monoisotopic (exact) mass is 411 g/mol. The van der Waals surface area contributed by atoms with Crippen molar-refractivity contribution in [1.82, 2.24) is 20.0 Å². The number of methoxy groups -OCH3 is 3. The smallest absolute Gasteiger partial charge is 0.243 e. The minimum Gasteiger partial charge on any atom is -0.493 e. The van der Waals surface area contributed by atoms with Crippen molar-refractivity contribution in [2.75, 3.05) is 21.3 Å². The third-order valence-electron chi connectivity index (χ3n) is 4.70. The molecule has 1 aliphatic heterocycles. The van der Waals surface area contributed by atoms with E-state index in [9.17, 15) is 4.79 Å². The van der Waals surface area contributed by atoms with E-state index >= 15 is 0 Å². The summed E-state index contributed by atoms with van der Waals surface area (Å²) in [5.74, 6) is 1.37. The topological polar surface area (TPSA) is 100 Å². The van der Waals surface area contributed by atoms with Gasteiger partial charge in [0.2, 0.25) is 23.8 Å². The van der Waals surface area contributed by atoms with Crippen LogP contribution < -0.4 is 14.2 Å². The van der Waals surface area contributed by atoms with Gasteiger partial charge in [-0.25, -0.2) is 4.68 Å². The highest BCUT2D eigenvalue weighted by atomic mass is 16.5. The third kappa shape index (κ3) is 3.36. The molecule has 30 heavy (non-hydrogen) atoms. The maximum absolute atomic E-state index is 12.2. The summed E-state index contributed by atoms with van der Waals surface area (Å²) in [5.41, 5.74) is 2.18. The van der Waals surface area contributed by atoms with Crippen molar-refractivity contribution in [3.05, 3.63) is 42.0 Å². The molecule has 0 saturated carbocycles. The number of carbonyl (C=O) groups is 1. The molecule has 0 unspecified atom stereocenters. The molecule has 0 saturated heterocycles. The first-order chi connectivity index (χ1) is 14.5. The lowest BCUT2D eigenvalue weighted by Crippen LogP contribution is -2.35. The van der Waals surface area contributed by atoms with Gasteiger partial charge in [-0.15, -0.1) is 10.2 Å². The molecule has 0 aliphatic carbocycles. The predicted molar refractivity (Wildman–Crippen MR) is 108 cm³/mol. The second kappa shape index (κ2) is 7.90. The molecule has 1 atom stereocenters. The standard InChI is InChI=1S/C20H21N5O5/c1-12(26)25-18(11-24-15-8-6-5-7-14(15)21-23-24)30-20(22-25)13-9-16(27-2)19(29-4)17(10-13)28-3/h5-10,18H,11H2,1-4H3/t18-/m1/s1. The molecule has 2 heterocycles. The number of carbonyl (C=O) groups excluding carboxylic acids is 1. The molecule has 1 aliphatic rings. The molecule has 0 bridgehead atoms. The fraction of sp³-hybridized carbons (Fsp3) is 0.300. The number of ether oxygens (including phenoxy) is 4. The molecule has 0 fully saturated rings. The number of hydrazone groups is 1. The Morgan fingerprint density at radius 3 is 2.43 bits per heavy atom. The summed E-state index contributed by atoms with van der Waals surface area (Å²) in [6.45, 7) is 1.69. The summed E-state index contributed by atoms with van der Waals surface area (Å²) < 4.78 is 23.9. The first-order valence-corrected chi connectivity index (χ1v) is 9.19. The Balaban J connectivity index is 1.66. The van der Waals surface area contributed by atoms with Crippen molar-refractivity contribution in [3.8, 4) is 17.2 Å². The molecule has 0 radical (unpaired) electrons. The van der Waals surface area contributed by atoms with Crippen molar-refractivity contribution < 1.29 is 23.7 Å². The number of amides is 1.